The second-order valence-electron chi connectivity index (χ2n) is 5.82. The predicted molar refractivity (Wildman–Crippen MR) is 81.2 cm³/mol. The standard InChI is InChI=1S/C16H19N3O2/c17-15(20)11-6-7-12-13(9-11)19-16(21)14(18-12)8-10-4-2-1-3-5-10/h6-7,9-10H,1-5,8H2,(H2,17,20)(H,19,21). The van der Waals surface area contributed by atoms with E-state index in [9.17, 15) is 9.59 Å². The van der Waals surface area contributed by atoms with Crippen LogP contribution in [0.1, 0.15) is 48.2 Å². The van der Waals surface area contributed by atoms with Crippen LogP contribution in [0.15, 0.2) is 23.0 Å². The van der Waals surface area contributed by atoms with E-state index in [1.54, 1.807) is 18.2 Å². The summed E-state index contributed by atoms with van der Waals surface area (Å²) in [7, 11) is 0. The number of primary amides is 1. The summed E-state index contributed by atoms with van der Waals surface area (Å²) in [5.74, 6) is 0.0544. The number of carbonyl (C=O) groups is 1. The Balaban J connectivity index is 1.93. The largest absolute Gasteiger partial charge is 0.366 e. The van der Waals surface area contributed by atoms with Crippen molar-refractivity contribution in [3.63, 3.8) is 0 Å². The number of amides is 1. The number of aromatic nitrogens is 2. The normalized spacial score (nSPS) is 16.2. The number of nitrogens with zero attached hydrogens (tertiary/aromatic N) is 1. The summed E-state index contributed by atoms with van der Waals surface area (Å²) in [4.78, 5) is 30.6. The molecule has 110 valence electrons. The molecule has 0 unspecified atom stereocenters. The Hall–Kier alpha value is -2.17. The lowest BCUT2D eigenvalue weighted by Crippen LogP contribution is -2.20. The third kappa shape index (κ3) is 2.96. The fraction of sp³-hybridized carbons (Fsp3) is 0.438. The molecule has 1 aromatic heterocycles. The summed E-state index contributed by atoms with van der Waals surface area (Å²) in [5.41, 5.74) is 7.32. The Morgan fingerprint density at radius 1 is 1.29 bits per heavy atom. The molecule has 1 aliphatic carbocycles. The minimum absolute atomic E-state index is 0.158. The molecule has 0 saturated heterocycles. The van der Waals surface area contributed by atoms with Crippen LogP contribution >= 0.6 is 0 Å². The van der Waals surface area contributed by atoms with Gasteiger partial charge in [0.25, 0.3) is 5.56 Å². The molecule has 0 bridgehead atoms. The lowest BCUT2D eigenvalue weighted by atomic mass is 9.86. The van der Waals surface area contributed by atoms with Crippen LogP contribution in [0.4, 0.5) is 0 Å². The Morgan fingerprint density at radius 2 is 2.05 bits per heavy atom. The number of aromatic amines is 1. The summed E-state index contributed by atoms with van der Waals surface area (Å²) in [6.07, 6.45) is 6.90. The molecule has 1 aliphatic rings. The van der Waals surface area contributed by atoms with Gasteiger partial charge in [-0.2, -0.15) is 0 Å². The van der Waals surface area contributed by atoms with Crippen molar-refractivity contribution in [2.24, 2.45) is 11.7 Å². The second kappa shape index (κ2) is 5.68. The molecular weight excluding hydrogens is 266 g/mol. The van der Waals surface area contributed by atoms with Crippen molar-refractivity contribution < 1.29 is 4.79 Å². The van der Waals surface area contributed by atoms with Crippen LogP contribution < -0.4 is 11.3 Å². The average molecular weight is 285 g/mol. The highest BCUT2D eigenvalue weighted by Gasteiger charge is 2.17. The molecule has 1 amide bonds. The topological polar surface area (TPSA) is 88.8 Å². The van der Waals surface area contributed by atoms with E-state index >= 15 is 0 Å². The lowest BCUT2D eigenvalue weighted by Gasteiger charge is -2.20. The van der Waals surface area contributed by atoms with Gasteiger partial charge in [-0.05, 0) is 30.5 Å². The highest BCUT2D eigenvalue weighted by atomic mass is 16.1. The third-order valence-electron chi connectivity index (χ3n) is 4.25. The van der Waals surface area contributed by atoms with Gasteiger partial charge in [-0.1, -0.05) is 32.1 Å². The predicted octanol–water partition coefficient (Wildman–Crippen LogP) is 2.14. The van der Waals surface area contributed by atoms with Crippen molar-refractivity contribution >= 4 is 16.9 Å². The van der Waals surface area contributed by atoms with Gasteiger partial charge < -0.3 is 10.7 Å². The van der Waals surface area contributed by atoms with Crippen molar-refractivity contribution in [2.75, 3.05) is 0 Å². The highest BCUT2D eigenvalue weighted by molar-refractivity contribution is 5.96. The van der Waals surface area contributed by atoms with Gasteiger partial charge in [0.05, 0.1) is 11.0 Å². The number of fused-ring (bicyclic) bond motifs is 1. The van der Waals surface area contributed by atoms with Crippen molar-refractivity contribution in [1.82, 2.24) is 9.97 Å². The van der Waals surface area contributed by atoms with Gasteiger partial charge in [-0.3, -0.25) is 9.59 Å². The van der Waals surface area contributed by atoms with E-state index in [-0.39, 0.29) is 5.56 Å². The minimum atomic E-state index is -0.510. The number of carbonyl (C=O) groups excluding carboxylic acids is 1. The minimum Gasteiger partial charge on any atom is -0.366 e. The molecule has 3 N–H and O–H groups in total. The van der Waals surface area contributed by atoms with E-state index in [1.165, 1.54) is 32.1 Å². The fourth-order valence-electron chi connectivity index (χ4n) is 3.08. The van der Waals surface area contributed by atoms with Crippen LogP contribution in [0.2, 0.25) is 0 Å². The molecule has 5 heteroatoms. The number of hydrogen-bond donors (Lipinski definition) is 2. The Labute approximate surface area is 122 Å². The molecule has 3 rings (SSSR count). The zero-order chi connectivity index (χ0) is 14.8. The average Bonchev–Trinajstić information content (AvgIpc) is 2.48. The Bertz CT molecular complexity index is 730. The lowest BCUT2D eigenvalue weighted by molar-refractivity contribution is 0.100. The van der Waals surface area contributed by atoms with Crippen molar-refractivity contribution in [1.29, 1.82) is 0 Å². The summed E-state index contributed by atoms with van der Waals surface area (Å²) in [6.45, 7) is 0. The summed E-state index contributed by atoms with van der Waals surface area (Å²) < 4.78 is 0. The van der Waals surface area contributed by atoms with E-state index in [2.05, 4.69) is 9.97 Å². The van der Waals surface area contributed by atoms with Gasteiger partial charge in [-0.15, -0.1) is 0 Å². The van der Waals surface area contributed by atoms with Gasteiger partial charge >= 0.3 is 0 Å². The molecule has 1 heterocycles. The molecule has 0 atom stereocenters. The first kappa shape index (κ1) is 13.8. The molecule has 0 radical (unpaired) electrons. The van der Waals surface area contributed by atoms with Crippen LogP contribution in [-0.4, -0.2) is 15.9 Å². The van der Waals surface area contributed by atoms with E-state index < -0.39 is 5.91 Å². The molecule has 21 heavy (non-hydrogen) atoms. The van der Waals surface area contributed by atoms with Crippen LogP contribution in [0.5, 0.6) is 0 Å². The zero-order valence-electron chi connectivity index (χ0n) is 11.9. The van der Waals surface area contributed by atoms with Crippen LogP contribution in [0.3, 0.4) is 0 Å². The molecule has 1 aromatic carbocycles. The number of nitrogens with two attached hydrogens (primary N) is 1. The first-order chi connectivity index (χ1) is 10.1. The molecular formula is C16H19N3O2. The number of rotatable bonds is 3. The van der Waals surface area contributed by atoms with E-state index in [0.29, 0.717) is 28.2 Å². The molecule has 2 aromatic rings. The Kier molecular flexibility index (Phi) is 3.73. The highest BCUT2D eigenvalue weighted by Crippen LogP contribution is 2.25. The smallest absolute Gasteiger partial charge is 0.270 e. The molecule has 0 spiro atoms. The van der Waals surface area contributed by atoms with E-state index in [0.717, 1.165) is 6.42 Å². The molecule has 5 nitrogen and oxygen atoms in total. The summed E-state index contributed by atoms with van der Waals surface area (Å²) in [6, 6.07) is 4.95. The van der Waals surface area contributed by atoms with E-state index in [1.807, 2.05) is 0 Å². The number of H-pyrrole nitrogens is 1. The first-order valence-electron chi connectivity index (χ1n) is 7.46. The third-order valence-corrected chi connectivity index (χ3v) is 4.25. The van der Waals surface area contributed by atoms with Gasteiger partial charge in [0.15, 0.2) is 0 Å². The fourth-order valence-corrected chi connectivity index (χ4v) is 3.08. The summed E-state index contributed by atoms with van der Waals surface area (Å²) >= 11 is 0. The van der Waals surface area contributed by atoms with Crippen LogP contribution in [0.25, 0.3) is 11.0 Å². The second-order valence-corrected chi connectivity index (χ2v) is 5.82. The maximum absolute atomic E-state index is 12.2. The molecule has 1 saturated carbocycles. The van der Waals surface area contributed by atoms with Gasteiger partial charge in [-0.25, -0.2) is 4.98 Å². The van der Waals surface area contributed by atoms with Gasteiger partial charge in [0.1, 0.15) is 5.69 Å². The number of hydrogen-bond acceptors (Lipinski definition) is 3. The molecule has 0 aliphatic heterocycles. The molecule has 1 fully saturated rings. The van der Waals surface area contributed by atoms with Crippen LogP contribution in [-0.2, 0) is 6.42 Å². The quantitative estimate of drug-likeness (QED) is 0.905. The number of nitrogens with one attached hydrogen (secondary N) is 1. The Morgan fingerprint density at radius 3 is 2.76 bits per heavy atom. The van der Waals surface area contributed by atoms with Crippen molar-refractivity contribution in [3.05, 3.63) is 39.8 Å². The van der Waals surface area contributed by atoms with Crippen molar-refractivity contribution in [2.45, 2.75) is 38.5 Å². The first-order valence-corrected chi connectivity index (χ1v) is 7.46. The number of benzene rings is 1. The van der Waals surface area contributed by atoms with Crippen molar-refractivity contribution in [3.8, 4) is 0 Å². The summed E-state index contributed by atoms with van der Waals surface area (Å²) in [5, 5.41) is 0. The van der Waals surface area contributed by atoms with Crippen LogP contribution in [0, 0.1) is 5.92 Å². The monoisotopic (exact) mass is 285 g/mol. The zero-order valence-corrected chi connectivity index (χ0v) is 11.9. The van der Waals surface area contributed by atoms with Gasteiger partial charge in [0.2, 0.25) is 5.91 Å². The van der Waals surface area contributed by atoms with Gasteiger partial charge in [0, 0.05) is 5.56 Å². The van der Waals surface area contributed by atoms with E-state index in [4.69, 9.17) is 5.73 Å². The SMILES string of the molecule is NC(=O)c1ccc2nc(CC3CCCCC3)c(=O)[nH]c2c1. The maximum atomic E-state index is 12.2. The maximum Gasteiger partial charge on any atom is 0.270 e.